The van der Waals surface area contributed by atoms with Gasteiger partial charge in [0.1, 0.15) is 17.2 Å². The van der Waals surface area contributed by atoms with Crippen molar-refractivity contribution in [2.45, 2.75) is 102 Å². The van der Waals surface area contributed by atoms with Gasteiger partial charge in [-0.05, 0) is 63.6 Å². The van der Waals surface area contributed by atoms with Crippen molar-refractivity contribution >= 4 is 6.09 Å². The van der Waals surface area contributed by atoms with Crippen molar-refractivity contribution in [3.8, 4) is 0 Å². The molecule has 0 radical (unpaired) electrons. The highest BCUT2D eigenvalue weighted by molar-refractivity contribution is 5.69. The number of halogens is 2. The van der Waals surface area contributed by atoms with Crippen LogP contribution in [0.2, 0.25) is 0 Å². The fourth-order valence-corrected chi connectivity index (χ4v) is 5.02. The van der Waals surface area contributed by atoms with E-state index in [2.05, 4.69) is 0 Å². The number of rotatable bonds is 7. The summed E-state index contributed by atoms with van der Waals surface area (Å²) in [6.07, 6.45) is 6.52. The number of carbonyl (C=O) groups is 1. The smallest absolute Gasteiger partial charge is 0.410 e. The molecule has 1 saturated carbocycles. The van der Waals surface area contributed by atoms with Gasteiger partial charge in [0, 0.05) is 12.1 Å². The Kier molecular flexibility index (Phi) is 9.29. The number of hydrogen-bond donors (Lipinski definition) is 2. The number of morpholine rings is 1. The maximum absolute atomic E-state index is 13.6. The number of nitrogens with two attached hydrogens (primary N) is 1. The summed E-state index contributed by atoms with van der Waals surface area (Å²) in [5.74, 6) is -0.696. The van der Waals surface area contributed by atoms with E-state index in [-0.39, 0.29) is 19.1 Å². The highest BCUT2D eigenvalue weighted by Crippen LogP contribution is 2.30. The number of aliphatic hydroxyl groups excluding tert-OH is 1. The van der Waals surface area contributed by atoms with E-state index in [4.69, 9.17) is 15.2 Å². The summed E-state index contributed by atoms with van der Waals surface area (Å²) in [5, 5.41) is 11.0. The van der Waals surface area contributed by atoms with Crippen LogP contribution in [-0.4, -0.2) is 59.1 Å². The number of benzene rings is 1. The van der Waals surface area contributed by atoms with Crippen molar-refractivity contribution < 1.29 is 28.2 Å². The maximum Gasteiger partial charge on any atom is 0.410 e. The normalized spacial score (nSPS) is 24.0. The van der Waals surface area contributed by atoms with Gasteiger partial charge in [-0.25, -0.2) is 13.6 Å². The molecule has 6 nitrogen and oxygen atoms in total. The molecule has 3 rings (SSSR count). The molecule has 8 heteroatoms. The summed E-state index contributed by atoms with van der Waals surface area (Å²) in [5.41, 5.74) is 5.88. The van der Waals surface area contributed by atoms with Crippen LogP contribution >= 0.6 is 0 Å². The van der Waals surface area contributed by atoms with Crippen molar-refractivity contribution in [2.75, 3.05) is 13.2 Å². The van der Waals surface area contributed by atoms with Gasteiger partial charge in [-0.3, -0.25) is 4.90 Å². The van der Waals surface area contributed by atoms with Gasteiger partial charge >= 0.3 is 6.09 Å². The zero-order chi connectivity index (χ0) is 24.9. The second-order valence-corrected chi connectivity index (χ2v) is 10.9. The molecule has 1 aromatic carbocycles. The van der Waals surface area contributed by atoms with Gasteiger partial charge in [-0.1, -0.05) is 32.1 Å². The summed E-state index contributed by atoms with van der Waals surface area (Å²) < 4.78 is 38.8. The van der Waals surface area contributed by atoms with Crippen LogP contribution in [0.15, 0.2) is 18.2 Å². The fourth-order valence-electron chi connectivity index (χ4n) is 5.02. The van der Waals surface area contributed by atoms with E-state index in [0.717, 1.165) is 18.9 Å². The molecule has 0 aromatic heterocycles. The molecular formula is C26H40F2N2O4. The summed E-state index contributed by atoms with van der Waals surface area (Å²) >= 11 is 0. The van der Waals surface area contributed by atoms with Crippen LogP contribution in [0.25, 0.3) is 0 Å². The van der Waals surface area contributed by atoms with Crippen LogP contribution in [0.5, 0.6) is 0 Å². The minimum atomic E-state index is -1.15. The van der Waals surface area contributed by atoms with Gasteiger partial charge in [-0.2, -0.15) is 0 Å². The molecule has 2 fully saturated rings. The Morgan fingerprint density at radius 3 is 2.44 bits per heavy atom. The van der Waals surface area contributed by atoms with Crippen molar-refractivity contribution in [2.24, 2.45) is 11.7 Å². The van der Waals surface area contributed by atoms with E-state index in [1.807, 2.05) is 0 Å². The van der Waals surface area contributed by atoms with E-state index in [1.165, 1.54) is 49.1 Å². The molecule has 1 saturated heterocycles. The van der Waals surface area contributed by atoms with Crippen LogP contribution in [0.1, 0.15) is 71.3 Å². The van der Waals surface area contributed by atoms with Crippen LogP contribution in [0.4, 0.5) is 13.6 Å². The molecule has 1 aliphatic carbocycles. The Balaban J connectivity index is 1.67. The molecule has 0 spiro atoms. The summed E-state index contributed by atoms with van der Waals surface area (Å²) in [7, 11) is 0. The average Bonchev–Trinajstić information content (AvgIpc) is 2.76. The van der Waals surface area contributed by atoms with Crippen LogP contribution in [0, 0.1) is 17.6 Å². The quantitative estimate of drug-likeness (QED) is 0.595. The van der Waals surface area contributed by atoms with Crippen molar-refractivity contribution in [3.63, 3.8) is 0 Å². The number of ether oxygens (including phenoxy) is 2. The number of amides is 1. The van der Waals surface area contributed by atoms with E-state index in [1.54, 1.807) is 20.8 Å². The molecule has 2 unspecified atom stereocenters. The van der Waals surface area contributed by atoms with Gasteiger partial charge in [0.05, 0.1) is 31.4 Å². The van der Waals surface area contributed by atoms with Crippen LogP contribution < -0.4 is 5.73 Å². The van der Waals surface area contributed by atoms with Crippen LogP contribution in [-0.2, 0) is 15.9 Å². The fraction of sp³-hybridized carbons (Fsp3) is 0.731. The lowest BCUT2D eigenvalue weighted by molar-refractivity contribution is -0.105. The molecule has 1 heterocycles. The molecule has 0 bridgehead atoms. The summed E-state index contributed by atoms with van der Waals surface area (Å²) in [4.78, 5) is 14.6. The number of carbonyl (C=O) groups excluding carboxylic acids is 1. The SMILES string of the molecule is CC(C)(C)OC(=O)N1CC(CCC2CCCCC2)OCC1[C@@H](O)[C@@H](N)Cc1cc(F)cc(F)c1. The third-order valence-electron chi connectivity index (χ3n) is 6.78. The predicted octanol–water partition coefficient (Wildman–Crippen LogP) is 4.56. The Labute approximate surface area is 201 Å². The van der Waals surface area contributed by atoms with Gasteiger partial charge in [0.2, 0.25) is 0 Å². The molecule has 4 atom stereocenters. The third kappa shape index (κ3) is 7.89. The largest absolute Gasteiger partial charge is 0.444 e. The Morgan fingerprint density at radius 2 is 1.82 bits per heavy atom. The highest BCUT2D eigenvalue weighted by atomic mass is 19.1. The molecule has 1 aromatic rings. The lowest BCUT2D eigenvalue weighted by atomic mass is 9.85. The average molecular weight is 483 g/mol. The molecule has 1 aliphatic heterocycles. The second-order valence-electron chi connectivity index (χ2n) is 10.9. The van der Waals surface area contributed by atoms with E-state index in [0.29, 0.717) is 18.0 Å². The van der Waals surface area contributed by atoms with Gasteiger partial charge in [0.25, 0.3) is 0 Å². The number of nitrogens with zero attached hydrogens (tertiary/aromatic N) is 1. The lowest BCUT2D eigenvalue weighted by Crippen LogP contribution is -2.61. The molecule has 192 valence electrons. The van der Waals surface area contributed by atoms with Crippen molar-refractivity contribution in [1.82, 2.24) is 4.90 Å². The monoisotopic (exact) mass is 482 g/mol. The van der Waals surface area contributed by atoms with Gasteiger partial charge in [0.15, 0.2) is 0 Å². The van der Waals surface area contributed by atoms with E-state index >= 15 is 0 Å². The molecule has 3 N–H and O–H groups in total. The minimum Gasteiger partial charge on any atom is -0.444 e. The lowest BCUT2D eigenvalue weighted by Gasteiger charge is -2.43. The molecule has 1 amide bonds. The van der Waals surface area contributed by atoms with Crippen molar-refractivity contribution in [3.05, 3.63) is 35.4 Å². The summed E-state index contributed by atoms with van der Waals surface area (Å²) in [6, 6.07) is 1.62. The first kappa shape index (κ1) is 26.8. The molecule has 2 aliphatic rings. The van der Waals surface area contributed by atoms with Crippen LogP contribution in [0.3, 0.4) is 0 Å². The highest BCUT2D eigenvalue weighted by Gasteiger charge is 2.40. The summed E-state index contributed by atoms with van der Waals surface area (Å²) in [6.45, 7) is 5.82. The first-order valence-corrected chi connectivity index (χ1v) is 12.5. The predicted molar refractivity (Wildman–Crippen MR) is 126 cm³/mol. The van der Waals surface area contributed by atoms with Gasteiger partial charge in [-0.15, -0.1) is 0 Å². The zero-order valence-corrected chi connectivity index (χ0v) is 20.6. The Morgan fingerprint density at radius 1 is 1.18 bits per heavy atom. The van der Waals surface area contributed by atoms with E-state index < -0.39 is 41.5 Å². The number of aliphatic hydroxyl groups is 1. The Bertz CT molecular complexity index is 790. The van der Waals surface area contributed by atoms with E-state index in [9.17, 15) is 18.7 Å². The second kappa shape index (κ2) is 11.8. The Hall–Kier alpha value is -1.77. The standard InChI is InChI=1S/C26H40F2N2O4/c1-26(2,3)34-25(32)30-15-21(10-9-17-7-5-4-6-8-17)33-16-23(30)24(31)22(29)13-18-11-19(27)14-20(28)12-18/h11-12,14,17,21-24,31H,4-10,13,15-16,29H2,1-3H3/t21?,22-,23?,24-/m0/s1. The first-order valence-electron chi connectivity index (χ1n) is 12.5. The molecular weight excluding hydrogens is 442 g/mol. The third-order valence-corrected chi connectivity index (χ3v) is 6.78. The topological polar surface area (TPSA) is 85.0 Å². The minimum absolute atomic E-state index is 0.0552. The van der Waals surface area contributed by atoms with Crippen molar-refractivity contribution in [1.29, 1.82) is 0 Å². The molecule has 34 heavy (non-hydrogen) atoms. The zero-order valence-electron chi connectivity index (χ0n) is 20.6. The number of hydrogen-bond acceptors (Lipinski definition) is 5. The van der Waals surface area contributed by atoms with Gasteiger partial charge < -0.3 is 20.3 Å². The maximum atomic E-state index is 13.6. The first-order chi connectivity index (χ1) is 16.0.